The van der Waals surface area contributed by atoms with Crippen LogP contribution in [-0.2, 0) is 19.3 Å². The van der Waals surface area contributed by atoms with Crippen LogP contribution in [0.5, 0.6) is 0 Å². The molecule has 1 amide bonds. The number of carbonyl (C=O) groups is 1. The van der Waals surface area contributed by atoms with Crippen molar-refractivity contribution in [1.82, 2.24) is 25.1 Å². The van der Waals surface area contributed by atoms with E-state index in [-0.39, 0.29) is 35.3 Å². The first-order valence-electron chi connectivity index (χ1n) is 11.9. The summed E-state index contributed by atoms with van der Waals surface area (Å²) in [6, 6.07) is 9.07. The van der Waals surface area contributed by atoms with Gasteiger partial charge >= 0.3 is 6.09 Å². The average molecular weight is 492 g/mol. The molecule has 10 nitrogen and oxygen atoms in total. The normalized spacial score (nSPS) is 22.3. The molecule has 2 aliphatic heterocycles. The summed E-state index contributed by atoms with van der Waals surface area (Å²) < 4.78 is 38.1. The number of benzene rings is 1. The highest BCUT2D eigenvalue weighted by Gasteiger charge is 2.49. The molecule has 3 atom stereocenters. The summed E-state index contributed by atoms with van der Waals surface area (Å²) in [5.74, 6) is -0.00867. The van der Waals surface area contributed by atoms with Crippen molar-refractivity contribution in [3.8, 4) is 5.69 Å². The molecule has 3 heterocycles. The number of tetrazole rings is 1. The molecule has 0 unspecified atom stereocenters. The van der Waals surface area contributed by atoms with Crippen LogP contribution in [0.3, 0.4) is 0 Å². The fourth-order valence-electron chi connectivity index (χ4n) is 4.32. The molecular formula is C23H33N5O5S. The SMILES string of the molecule is CC(C)(C)OC(=O)N1C[C@H]2O[C@H]2C[C@H]1CCCCCCS(=O)(=O)c1nnnn1-c1ccccc1. The van der Waals surface area contributed by atoms with Gasteiger partial charge in [0.1, 0.15) is 11.7 Å². The second-order valence-corrected chi connectivity index (χ2v) is 12.0. The Labute approximate surface area is 200 Å². The van der Waals surface area contributed by atoms with Gasteiger partial charge in [-0.1, -0.05) is 42.6 Å². The molecule has 11 heteroatoms. The molecule has 0 saturated carbocycles. The third-order valence-electron chi connectivity index (χ3n) is 6.06. The molecule has 1 aromatic heterocycles. The quantitative estimate of drug-likeness (QED) is 0.387. The van der Waals surface area contributed by atoms with Crippen molar-refractivity contribution in [3.05, 3.63) is 30.3 Å². The van der Waals surface area contributed by atoms with Crippen molar-refractivity contribution >= 4 is 15.9 Å². The van der Waals surface area contributed by atoms with Gasteiger partial charge in [0, 0.05) is 6.04 Å². The molecule has 0 radical (unpaired) electrons. The van der Waals surface area contributed by atoms with Crippen LogP contribution in [0.4, 0.5) is 4.79 Å². The number of epoxide rings is 1. The van der Waals surface area contributed by atoms with Gasteiger partial charge < -0.3 is 14.4 Å². The van der Waals surface area contributed by atoms with Crippen LogP contribution in [0.1, 0.15) is 59.3 Å². The van der Waals surface area contributed by atoms with Gasteiger partial charge in [0.25, 0.3) is 5.16 Å². The first-order chi connectivity index (χ1) is 16.1. The Bertz CT molecular complexity index is 1080. The lowest BCUT2D eigenvalue weighted by Gasteiger charge is -2.35. The van der Waals surface area contributed by atoms with Gasteiger partial charge in [-0.05, 0) is 62.6 Å². The minimum Gasteiger partial charge on any atom is -0.444 e. The van der Waals surface area contributed by atoms with Gasteiger partial charge in [-0.25, -0.2) is 13.2 Å². The zero-order valence-corrected chi connectivity index (χ0v) is 20.8. The Hall–Kier alpha value is -2.53. The van der Waals surface area contributed by atoms with E-state index in [9.17, 15) is 13.2 Å². The zero-order valence-electron chi connectivity index (χ0n) is 20.0. The Balaban J connectivity index is 1.23. The number of nitrogens with zero attached hydrogens (tertiary/aromatic N) is 5. The maximum Gasteiger partial charge on any atom is 0.410 e. The smallest absolute Gasteiger partial charge is 0.410 e. The second kappa shape index (κ2) is 9.99. The maximum atomic E-state index is 12.8. The van der Waals surface area contributed by atoms with Crippen LogP contribution in [0, 0.1) is 0 Å². The molecule has 34 heavy (non-hydrogen) atoms. The fraction of sp³-hybridized carbons (Fsp3) is 0.652. The maximum absolute atomic E-state index is 12.8. The number of carbonyl (C=O) groups excluding carboxylic acids is 1. The second-order valence-electron chi connectivity index (χ2n) is 9.97. The van der Waals surface area contributed by atoms with E-state index in [0.717, 1.165) is 32.1 Å². The van der Waals surface area contributed by atoms with Gasteiger partial charge in [0.05, 0.1) is 24.1 Å². The Morgan fingerprint density at radius 2 is 1.85 bits per heavy atom. The number of likely N-dealkylation sites (tertiary alicyclic amines) is 1. The fourth-order valence-corrected chi connectivity index (χ4v) is 5.66. The van der Waals surface area contributed by atoms with Gasteiger partial charge in [0.2, 0.25) is 9.84 Å². The molecule has 2 fully saturated rings. The average Bonchev–Trinajstić information content (AvgIpc) is 3.35. The zero-order chi connectivity index (χ0) is 24.3. The highest BCUT2D eigenvalue weighted by molar-refractivity contribution is 7.91. The predicted octanol–water partition coefficient (Wildman–Crippen LogP) is 3.16. The Kier molecular flexibility index (Phi) is 7.22. The number of fused-ring (bicyclic) bond motifs is 1. The lowest BCUT2D eigenvalue weighted by atomic mass is 9.97. The van der Waals surface area contributed by atoms with Crippen LogP contribution in [-0.4, -0.2) is 75.8 Å². The van der Waals surface area contributed by atoms with E-state index >= 15 is 0 Å². The van der Waals surface area contributed by atoms with Crippen molar-refractivity contribution in [1.29, 1.82) is 0 Å². The van der Waals surface area contributed by atoms with Crippen LogP contribution in [0.15, 0.2) is 35.5 Å². The molecule has 186 valence electrons. The van der Waals surface area contributed by atoms with Crippen molar-refractivity contribution in [2.75, 3.05) is 12.3 Å². The molecular weight excluding hydrogens is 458 g/mol. The van der Waals surface area contributed by atoms with E-state index in [4.69, 9.17) is 9.47 Å². The molecule has 2 aliphatic rings. The summed E-state index contributed by atoms with van der Waals surface area (Å²) in [5, 5.41) is 11.0. The summed E-state index contributed by atoms with van der Waals surface area (Å²) in [6.45, 7) is 6.19. The number of piperidine rings is 1. The number of amides is 1. The number of rotatable bonds is 9. The third kappa shape index (κ3) is 6.12. The van der Waals surface area contributed by atoms with Crippen molar-refractivity contribution in [3.63, 3.8) is 0 Å². The third-order valence-corrected chi connectivity index (χ3v) is 7.69. The first kappa shape index (κ1) is 24.6. The largest absolute Gasteiger partial charge is 0.444 e. The predicted molar refractivity (Wildman–Crippen MR) is 124 cm³/mol. The van der Waals surface area contributed by atoms with Crippen LogP contribution in [0.2, 0.25) is 0 Å². The number of para-hydroxylation sites is 1. The number of sulfone groups is 1. The summed E-state index contributed by atoms with van der Waals surface area (Å²) in [4.78, 5) is 14.5. The number of hydrogen-bond donors (Lipinski definition) is 0. The van der Waals surface area contributed by atoms with E-state index in [1.807, 2.05) is 31.7 Å². The van der Waals surface area contributed by atoms with Gasteiger partial charge in [-0.3, -0.25) is 0 Å². The molecule has 0 bridgehead atoms. The molecule has 2 aromatic rings. The first-order valence-corrected chi connectivity index (χ1v) is 13.5. The highest BCUT2D eigenvalue weighted by atomic mass is 32.2. The summed E-state index contributed by atoms with van der Waals surface area (Å²) >= 11 is 0. The monoisotopic (exact) mass is 491 g/mol. The topological polar surface area (TPSA) is 120 Å². The summed E-state index contributed by atoms with van der Waals surface area (Å²) in [7, 11) is -3.60. The molecule has 4 rings (SSSR count). The van der Waals surface area contributed by atoms with Crippen LogP contribution < -0.4 is 0 Å². The lowest BCUT2D eigenvalue weighted by molar-refractivity contribution is 0.0111. The Morgan fingerprint density at radius 3 is 2.59 bits per heavy atom. The van der Waals surface area contributed by atoms with E-state index in [0.29, 0.717) is 18.7 Å². The van der Waals surface area contributed by atoms with Crippen LogP contribution >= 0.6 is 0 Å². The lowest BCUT2D eigenvalue weighted by Crippen LogP contribution is -2.48. The van der Waals surface area contributed by atoms with E-state index in [1.165, 1.54) is 4.68 Å². The number of unbranched alkanes of at least 4 members (excludes halogenated alkanes) is 3. The summed E-state index contributed by atoms with van der Waals surface area (Å²) in [5.41, 5.74) is 0.0734. The molecule has 1 aromatic carbocycles. The highest BCUT2D eigenvalue weighted by Crippen LogP contribution is 2.36. The van der Waals surface area contributed by atoms with Crippen LogP contribution in [0.25, 0.3) is 5.69 Å². The van der Waals surface area contributed by atoms with Crippen molar-refractivity contribution in [2.45, 2.75) is 88.3 Å². The standard InChI is InChI=1S/C23H33N5O5S/c1-23(2,3)33-22(29)27-16-20-19(32-20)15-18(27)13-7-4-5-10-14-34(30,31)21-24-25-26-28(21)17-11-8-6-9-12-17/h6,8-9,11-12,18-20H,4-5,7,10,13-16H2,1-3H3/t18-,19+,20-/m1/s1. The van der Waals surface area contributed by atoms with E-state index in [1.54, 1.807) is 24.3 Å². The van der Waals surface area contributed by atoms with Crippen molar-refractivity contribution in [2.24, 2.45) is 0 Å². The number of ether oxygens (including phenoxy) is 2. The van der Waals surface area contributed by atoms with Crippen molar-refractivity contribution < 1.29 is 22.7 Å². The van der Waals surface area contributed by atoms with Gasteiger partial charge in [0.15, 0.2) is 0 Å². The summed E-state index contributed by atoms with van der Waals surface area (Å²) in [6.07, 6.45) is 4.88. The molecule has 2 saturated heterocycles. The Morgan fingerprint density at radius 1 is 1.12 bits per heavy atom. The van der Waals surface area contributed by atoms with E-state index < -0.39 is 15.4 Å². The number of hydrogen-bond acceptors (Lipinski definition) is 8. The van der Waals surface area contributed by atoms with Gasteiger partial charge in [-0.15, -0.1) is 0 Å². The molecule has 0 aliphatic carbocycles. The van der Waals surface area contributed by atoms with E-state index in [2.05, 4.69) is 15.5 Å². The molecule has 0 N–H and O–H groups in total. The minimum absolute atomic E-state index is 0.00867. The minimum atomic E-state index is -3.60. The van der Waals surface area contributed by atoms with Gasteiger partial charge in [-0.2, -0.15) is 4.68 Å². The number of aromatic nitrogens is 4. The molecule has 0 spiro atoms.